The van der Waals surface area contributed by atoms with Crippen molar-refractivity contribution in [1.82, 2.24) is 9.29 Å². The number of ether oxygens (including phenoxy) is 1. The second-order valence-corrected chi connectivity index (χ2v) is 8.81. The third-order valence-electron chi connectivity index (χ3n) is 4.90. The standard InChI is InChI=1S/C20H25N3O7S/c1-6-22(7-2)31(28,29)15-8-9-18(16(10-15)23(26)27)30-11-17(25)20-12(3)19(14(5)24)13(4)21-20/h8-10,21H,6-7,11H2,1-5H3. The number of nitro benzene ring substituents is 1. The van der Waals surface area contributed by atoms with Crippen LogP contribution < -0.4 is 4.74 Å². The molecule has 10 nitrogen and oxygen atoms in total. The molecule has 0 bridgehead atoms. The van der Waals surface area contributed by atoms with Crippen molar-refractivity contribution in [2.75, 3.05) is 19.7 Å². The first-order valence-electron chi connectivity index (χ1n) is 9.60. The smallest absolute Gasteiger partial charge is 0.312 e. The van der Waals surface area contributed by atoms with Crippen molar-refractivity contribution in [3.05, 3.63) is 50.8 Å². The Bertz CT molecular complexity index is 1130. The van der Waals surface area contributed by atoms with Gasteiger partial charge in [-0.15, -0.1) is 0 Å². The Kier molecular flexibility index (Phi) is 7.34. The van der Waals surface area contributed by atoms with Gasteiger partial charge in [0.1, 0.15) is 0 Å². The second kappa shape index (κ2) is 9.40. The number of hydrogen-bond acceptors (Lipinski definition) is 7. The molecule has 0 atom stereocenters. The molecule has 0 unspecified atom stereocenters. The number of rotatable bonds is 10. The van der Waals surface area contributed by atoms with Crippen LogP contribution in [0.15, 0.2) is 23.1 Å². The summed E-state index contributed by atoms with van der Waals surface area (Å²) in [5.74, 6) is -0.918. The van der Waals surface area contributed by atoms with Crippen molar-refractivity contribution in [2.24, 2.45) is 0 Å². The summed E-state index contributed by atoms with van der Waals surface area (Å²) in [6, 6.07) is 3.29. The van der Waals surface area contributed by atoms with Crippen molar-refractivity contribution in [3.8, 4) is 5.75 Å². The molecule has 1 aromatic carbocycles. The zero-order chi connectivity index (χ0) is 23.5. The summed E-state index contributed by atoms with van der Waals surface area (Å²) >= 11 is 0. The lowest BCUT2D eigenvalue weighted by atomic mass is 10.1. The van der Waals surface area contributed by atoms with E-state index < -0.39 is 33.0 Å². The average molecular weight is 452 g/mol. The van der Waals surface area contributed by atoms with Crippen molar-refractivity contribution in [1.29, 1.82) is 0 Å². The first-order chi connectivity index (χ1) is 14.4. The highest BCUT2D eigenvalue weighted by molar-refractivity contribution is 7.89. The highest BCUT2D eigenvalue weighted by atomic mass is 32.2. The van der Waals surface area contributed by atoms with Gasteiger partial charge >= 0.3 is 5.69 Å². The van der Waals surface area contributed by atoms with E-state index in [2.05, 4.69) is 4.98 Å². The van der Waals surface area contributed by atoms with Crippen LogP contribution in [0.1, 0.15) is 52.9 Å². The summed E-state index contributed by atoms with van der Waals surface area (Å²) in [5.41, 5.74) is 1.07. The summed E-state index contributed by atoms with van der Waals surface area (Å²) < 4.78 is 31.8. The van der Waals surface area contributed by atoms with E-state index >= 15 is 0 Å². The number of nitrogens with zero attached hydrogens (tertiary/aromatic N) is 2. The van der Waals surface area contributed by atoms with Gasteiger partial charge in [-0.25, -0.2) is 8.42 Å². The second-order valence-electron chi connectivity index (χ2n) is 6.87. The number of aromatic amines is 1. The van der Waals surface area contributed by atoms with Crippen LogP contribution in [0.5, 0.6) is 5.75 Å². The lowest BCUT2D eigenvalue weighted by molar-refractivity contribution is -0.386. The molecule has 0 saturated carbocycles. The summed E-state index contributed by atoms with van der Waals surface area (Å²) in [4.78, 5) is 37.6. The third kappa shape index (κ3) is 4.83. The maximum atomic E-state index is 12.6. The van der Waals surface area contributed by atoms with Gasteiger partial charge in [-0.3, -0.25) is 19.7 Å². The number of nitro groups is 1. The quantitative estimate of drug-likeness (QED) is 0.333. The van der Waals surface area contributed by atoms with Gasteiger partial charge in [-0.1, -0.05) is 13.8 Å². The predicted molar refractivity (Wildman–Crippen MR) is 113 cm³/mol. The van der Waals surface area contributed by atoms with E-state index in [4.69, 9.17) is 4.74 Å². The van der Waals surface area contributed by atoms with Gasteiger partial charge in [0.2, 0.25) is 15.8 Å². The Labute approximate surface area is 180 Å². The molecule has 0 amide bonds. The SMILES string of the molecule is CCN(CC)S(=O)(=O)c1ccc(OCC(=O)c2[nH]c(C)c(C(C)=O)c2C)c([N+](=O)[O-])c1. The lowest BCUT2D eigenvalue weighted by Gasteiger charge is -2.18. The van der Waals surface area contributed by atoms with Crippen LogP contribution in [0.4, 0.5) is 5.69 Å². The molecule has 2 aromatic rings. The van der Waals surface area contributed by atoms with Crippen LogP contribution in [0.25, 0.3) is 0 Å². The summed E-state index contributed by atoms with van der Waals surface area (Å²) in [6.45, 7) is 7.93. The molecule has 0 radical (unpaired) electrons. The summed E-state index contributed by atoms with van der Waals surface area (Å²) in [6.07, 6.45) is 0. The number of H-pyrrole nitrogens is 1. The Morgan fingerprint density at radius 2 is 1.81 bits per heavy atom. The molecule has 2 rings (SSSR count). The van der Waals surface area contributed by atoms with Gasteiger partial charge in [0.25, 0.3) is 0 Å². The largest absolute Gasteiger partial charge is 0.478 e. The van der Waals surface area contributed by atoms with E-state index in [1.54, 1.807) is 27.7 Å². The molecular formula is C20H25N3O7S. The fraction of sp³-hybridized carbons (Fsp3) is 0.400. The number of aromatic nitrogens is 1. The van der Waals surface area contributed by atoms with Crippen LogP contribution >= 0.6 is 0 Å². The zero-order valence-corrected chi connectivity index (χ0v) is 18.8. The minimum atomic E-state index is -3.89. The van der Waals surface area contributed by atoms with Crippen molar-refractivity contribution >= 4 is 27.3 Å². The number of carbonyl (C=O) groups is 2. The Balaban J connectivity index is 2.32. The molecule has 0 aliphatic heterocycles. The topological polar surface area (TPSA) is 140 Å². The molecule has 1 N–H and O–H groups in total. The molecule has 0 aliphatic carbocycles. The number of sulfonamides is 1. The number of carbonyl (C=O) groups excluding carboxylic acids is 2. The van der Waals surface area contributed by atoms with Gasteiger partial charge in [0.15, 0.2) is 18.1 Å². The van der Waals surface area contributed by atoms with Crippen LogP contribution in [0.2, 0.25) is 0 Å². The Morgan fingerprint density at radius 1 is 1.19 bits per heavy atom. The molecule has 11 heteroatoms. The predicted octanol–water partition coefficient (Wildman–Crippen LogP) is 3.03. The number of hydrogen-bond donors (Lipinski definition) is 1. The van der Waals surface area contributed by atoms with Crippen molar-refractivity contribution < 1.29 is 27.7 Å². The maximum Gasteiger partial charge on any atom is 0.312 e. The molecule has 1 heterocycles. The first kappa shape index (κ1) is 24.2. The van der Waals surface area contributed by atoms with Crippen molar-refractivity contribution in [3.63, 3.8) is 0 Å². The van der Waals surface area contributed by atoms with Crippen molar-refractivity contribution in [2.45, 2.75) is 39.5 Å². The zero-order valence-electron chi connectivity index (χ0n) is 18.0. The van der Waals surface area contributed by atoms with Crippen LogP contribution in [-0.2, 0) is 10.0 Å². The van der Waals surface area contributed by atoms with Gasteiger partial charge in [-0.2, -0.15) is 4.31 Å². The number of aryl methyl sites for hydroxylation is 1. The molecule has 168 valence electrons. The molecule has 31 heavy (non-hydrogen) atoms. The summed E-state index contributed by atoms with van der Waals surface area (Å²) in [5, 5.41) is 11.5. The molecular weight excluding hydrogens is 426 g/mol. The number of nitrogens with one attached hydrogen (secondary N) is 1. The van der Waals surface area contributed by atoms with Crippen LogP contribution in [-0.4, -0.2) is 53.9 Å². The highest BCUT2D eigenvalue weighted by Crippen LogP contribution is 2.31. The summed E-state index contributed by atoms with van der Waals surface area (Å²) in [7, 11) is -3.89. The maximum absolute atomic E-state index is 12.6. The molecule has 0 spiro atoms. The normalized spacial score (nSPS) is 11.5. The molecule has 0 saturated heterocycles. The van der Waals surface area contributed by atoms with E-state index in [0.717, 1.165) is 12.1 Å². The number of ketones is 2. The van der Waals surface area contributed by atoms with Gasteiger partial charge in [0.05, 0.1) is 15.5 Å². The number of Topliss-reactive ketones (excluding diaryl/α,β-unsaturated/α-hetero) is 2. The Hall–Kier alpha value is -3.05. The molecule has 1 aromatic heterocycles. The highest BCUT2D eigenvalue weighted by Gasteiger charge is 2.27. The van der Waals surface area contributed by atoms with E-state index in [0.29, 0.717) is 16.8 Å². The minimum absolute atomic E-state index is 0.186. The van der Waals surface area contributed by atoms with Crippen LogP contribution in [0, 0.1) is 24.0 Å². The van der Waals surface area contributed by atoms with E-state index in [-0.39, 0.29) is 35.2 Å². The monoisotopic (exact) mass is 451 g/mol. The molecule has 0 aliphatic rings. The van der Waals surface area contributed by atoms with Gasteiger partial charge < -0.3 is 9.72 Å². The minimum Gasteiger partial charge on any atom is -0.478 e. The van der Waals surface area contributed by atoms with E-state index in [1.165, 1.54) is 17.3 Å². The van der Waals surface area contributed by atoms with Crippen LogP contribution in [0.3, 0.4) is 0 Å². The fourth-order valence-electron chi connectivity index (χ4n) is 3.41. The first-order valence-corrected chi connectivity index (χ1v) is 11.0. The third-order valence-corrected chi connectivity index (χ3v) is 6.94. The van der Waals surface area contributed by atoms with E-state index in [9.17, 15) is 28.1 Å². The number of benzene rings is 1. The van der Waals surface area contributed by atoms with Gasteiger partial charge in [-0.05, 0) is 38.5 Å². The van der Waals surface area contributed by atoms with E-state index in [1.807, 2.05) is 0 Å². The molecule has 0 fully saturated rings. The fourth-order valence-corrected chi connectivity index (χ4v) is 4.89. The average Bonchev–Trinajstić information content (AvgIpc) is 3.00. The van der Waals surface area contributed by atoms with Gasteiger partial charge in [0, 0.05) is 30.4 Å². The Morgan fingerprint density at radius 3 is 2.29 bits per heavy atom. The lowest BCUT2D eigenvalue weighted by Crippen LogP contribution is -2.30.